The van der Waals surface area contributed by atoms with E-state index in [2.05, 4.69) is 0 Å². The molecule has 4 N–H and O–H groups in total. The van der Waals surface area contributed by atoms with Crippen molar-refractivity contribution in [3.05, 3.63) is 48.5 Å². The highest BCUT2D eigenvalue weighted by molar-refractivity contribution is 7.92. The van der Waals surface area contributed by atoms with Gasteiger partial charge in [0.15, 0.2) is 11.5 Å². The lowest BCUT2D eigenvalue weighted by Gasteiger charge is -2.17. The summed E-state index contributed by atoms with van der Waals surface area (Å²) in [6, 6.07) is 12.7. The van der Waals surface area contributed by atoms with Crippen LogP contribution in [0, 0.1) is 0 Å². The molecule has 0 unspecified atom stereocenters. The molecular formula is C18H18N2O4S. The van der Waals surface area contributed by atoms with Crippen molar-refractivity contribution in [3.8, 4) is 11.5 Å². The number of nitrogens with zero attached hydrogens (tertiary/aromatic N) is 1. The quantitative estimate of drug-likeness (QED) is 0.491. The fourth-order valence-corrected chi connectivity index (χ4v) is 4.42. The molecular weight excluding hydrogens is 340 g/mol. The number of nitrogen functional groups attached to an aromatic ring is 1. The number of phenols is 2. The number of hydrogen-bond donors (Lipinski definition) is 3. The van der Waals surface area contributed by atoms with Gasteiger partial charge in [0.05, 0.1) is 15.5 Å². The van der Waals surface area contributed by atoms with Crippen LogP contribution in [0.15, 0.2) is 58.3 Å². The molecule has 0 fully saturated rings. The molecule has 0 aliphatic heterocycles. The largest absolute Gasteiger partial charge is 0.504 e. The molecule has 0 spiro atoms. The van der Waals surface area contributed by atoms with E-state index < -0.39 is 21.3 Å². The second-order valence-corrected chi connectivity index (χ2v) is 7.76. The first-order chi connectivity index (χ1) is 11.7. The maximum atomic E-state index is 13.1. The Hall–Kier alpha value is -2.93. The average Bonchev–Trinajstić information content (AvgIpc) is 2.58. The van der Waals surface area contributed by atoms with Crippen LogP contribution in [0.5, 0.6) is 11.5 Å². The molecule has 0 saturated heterocycles. The summed E-state index contributed by atoms with van der Waals surface area (Å²) in [6.07, 6.45) is 0. The molecule has 7 heteroatoms. The first-order valence-electron chi connectivity index (χ1n) is 7.49. The van der Waals surface area contributed by atoms with Crippen LogP contribution < -0.4 is 10.6 Å². The summed E-state index contributed by atoms with van der Waals surface area (Å²) in [5.74, 6) is -1.11. The molecule has 0 saturated carbocycles. The van der Waals surface area contributed by atoms with Crippen molar-refractivity contribution in [1.29, 1.82) is 0 Å². The van der Waals surface area contributed by atoms with Gasteiger partial charge in [-0.05, 0) is 24.3 Å². The third-order valence-electron chi connectivity index (χ3n) is 4.08. The first kappa shape index (κ1) is 16.9. The molecule has 0 atom stereocenters. The van der Waals surface area contributed by atoms with E-state index in [-0.39, 0.29) is 15.5 Å². The van der Waals surface area contributed by atoms with E-state index in [9.17, 15) is 18.6 Å². The molecule has 0 amide bonds. The molecule has 25 heavy (non-hydrogen) atoms. The number of hydrogen-bond acceptors (Lipinski definition) is 6. The van der Waals surface area contributed by atoms with Crippen molar-refractivity contribution in [2.24, 2.45) is 0 Å². The van der Waals surface area contributed by atoms with Gasteiger partial charge in [0, 0.05) is 30.6 Å². The predicted octanol–water partition coefficient (Wildman–Crippen LogP) is 2.73. The number of sulfone groups is 1. The molecule has 0 aliphatic carbocycles. The van der Waals surface area contributed by atoms with Crippen molar-refractivity contribution < 1.29 is 18.6 Å². The van der Waals surface area contributed by atoms with Crippen LogP contribution in [0.25, 0.3) is 10.8 Å². The summed E-state index contributed by atoms with van der Waals surface area (Å²) in [5, 5.41) is 20.6. The predicted molar refractivity (Wildman–Crippen MR) is 97.9 cm³/mol. The summed E-state index contributed by atoms with van der Waals surface area (Å²) in [6.45, 7) is 0. The lowest BCUT2D eigenvalue weighted by Crippen LogP contribution is -2.10. The van der Waals surface area contributed by atoms with E-state index in [4.69, 9.17) is 5.73 Å². The highest BCUT2D eigenvalue weighted by Crippen LogP contribution is 2.40. The average molecular weight is 358 g/mol. The van der Waals surface area contributed by atoms with Gasteiger partial charge in [0.25, 0.3) is 0 Å². The van der Waals surface area contributed by atoms with Gasteiger partial charge < -0.3 is 20.8 Å². The molecule has 0 aromatic heterocycles. The number of nitrogens with two attached hydrogens (primary N) is 1. The number of fused-ring (bicyclic) bond motifs is 1. The minimum absolute atomic E-state index is 0.0884. The number of rotatable bonds is 3. The zero-order valence-electron chi connectivity index (χ0n) is 13.8. The van der Waals surface area contributed by atoms with Crippen LogP contribution in [0.4, 0.5) is 11.4 Å². The smallest absolute Gasteiger partial charge is 0.209 e. The Morgan fingerprint density at radius 1 is 0.880 bits per heavy atom. The Morgan fingerprint density at radius 2 is 1.52 bits per heavy atom. The molecule has 3 aromatic carbocycles. The molecule has 0 bridgehead atoms. The molecule has 0 heterocycles. The third-order valence-corrected chi connectivity index (χ3v) is 5.95. The molecule has 0 radical (unpaired) electrons. The van der Waals surface area contributed by atoms with Gasteiger partial charge in [-0.2, -0.15) is 0 Å². The van der Waals surface area contributed by atoms with Crippen LogP contribution in [-0.2, 0) is 9.84 Å². The fraction of sp³-hybridized carbons (Fsp3) is 0.111. The number of aromatic hydroxyl groups is 2. The highest BCUT2D eigenvalue weighted by atomic mass is 32.2. The summed E-state index contributed by atoms with van der Waals surface area (Å²) < 4.78 is 26.3. The monoisotopic (exact) mass is 358 g/mol. The van der Waals surface area contributed by atoms with E-state index in [0.29, 0.717) is 5.39 Å². The first-order valence-corrected chi connectivity index (χ1v) is 8.98. The molecule has 130 valence electrons. The van der Waals surface area contributed by atoms with E-state index in [0.717, 1.165) is 17.1 Å². The minimum Gasteiger partial charge on any atom is -0.504 e. The Bertz CT molecular complexity index is 1080. The van der Waals surface area contributed by atoms with Gasteiger partial charge in [-0.25, -0.2) is 8.42 Å². The summed E-state index contributed by atoms with van der Waals surface area (Å²) in [7, 11) is -0.231. The number of anilines is 2. The minimum atomic E-state index is -3.99. The van der Waals surface area contributed by atoms with Crippen molar-refractivity contribution in [2.45, 2.75) is 9.79 Å². The lowest BCUT2D eigenvalue weighted by molar-refractivity contribution is 0.404. The SMILES string of the molecule is CN(C)c1cccc2c(S(=O)(=O)c3ccc(O)c(O)c3N)cccc12. The van der Waals surface area contributed by atoms with Gasteiger partial charge in [-0.1, -0.05) is 24.3 Å². The zero-order chi connectivity index (χ0) is 18.4. The molecule has 6 nitrogen and oxygen atoms in total. The van der Waals surface area contributed by atoms with Gasteiger partial charge >= 0.3 is 0 Å². The van der Waals surface area contributed by atoms with E-state index in [1.807, 2.05) is 31.1 Å². The third kappa shape index (κ3) is 2.62. The van der Waals surface area contributed by atoms with Crippen LogP contribution in [0.1, 0.15) is 0 Å². The Labute approximate surface area is 145 Å². The molecule has 3 rings (SSSR count). The fourth-order valence-electron chi connectivity index (χ4n) is 2.82. The molecule has 0 aliphatic rings. The van der Waals surface area contributed by atoms with Crippen molar-refractivity contribution in [2.75, 3.05) is 24.7 Å². The summed E-state index contributed by atoms with van der Waals surface area (Å²) in [5.41, 5.74) is 6.24. The van der Waals surface area contributed by atoms with Crippen molar-refractivity contribution in [3.63, 3.8) is 0 Å². The Balaban J connectivity index is 2.33. The standard InChI is InChI=1S/C18H18N2O4S/c1-20(2)13-7-3-6-12-11(13)5-4-8-15(12)25(23,24)16-10-9-14(21)18(22)17(16)19/h3-10,21-22H,19H2,1-2H3. The van der Waals surface area contributed by atoms with Crippen molar-refractivity contribution in [1.82, 2.24) is 0 Å². The van der Waals surface area contributed by atoms with Crippen LogP contribution in [0.3, 0.4) is 0 Å². The van der Waals surface area contributed by atoms with Gasteiger partial charge in [-0.3, -0.25) is 0 Å². The maximum absolute atomic E-state index is 13.1. The van der Waals surface area contributed by atoms with Gasteiger partial charge in [0.2, 0.25) is 9.84 Å². The van der Waals surface area contributed by atoms with Crippen LogP contribution in [-0.4, -0.2) is 32.7 Å². The maximum Gasteiger partial charge on any atom is 0.209 e. The normalized spacial score (nSPS) is 11.6. The van der Waals surface area contributed by atoms with E-state index in [1.54, 1.807) is 18.2 Å². The van der Waals surface area contributed by atoms with E-state index in [1.165, 1.54) is 12.1 Å². The number of benzene rings is 3. The Morgan fingerprint density at radius 3 is 2.20 bits per heavy atom. The van der Waals surface area contributed by atoms with Crippen LogP contribution in [0.2, 0.25) is 0 Å². The Kier molecular flexibility index (Phi) is 3.96. The topological polar surface area (TPSA) is 104 Å². The molecule has 3 aromatic rings. The van der Waals surface area contributed by atoms with Crippen LogP contribution >= 0.6 is 0 Å². The summed E-state index contributed by atoms with van der Waals surface area (Å²) in [4.78, 5) is 1.75. The zero-order valence-corrected chi connectivity index (χ0v) is 14.6. The van der Waals surface area contributed by atoms with Gasteiger partial charge in [0.1, 0.15) is 0 Å². The highest BCUT2D eigenvalue weighted by Gasteiger charge is 2.25. The lowest BCUT2D eigenvalue weighted by atomic mass is 10.1. The number of phenolic OH excluding ortho intramolecular Hbond substituents is 2. The summed E-state index contributed by atoms with van der Waals surface area (Å²) >= 11 is 0. The second kappa shape index (κ2) is 5.86. The van der Waals surface area contributed by atoms with E-state index >= 15 is 0 Å². The van der Waals surface area contributed by atoms with Gasteiger partial charge in [-0.15, -0.1) is 0 Å². The van der Waals surface area contributed by atoms with Crippen molar-refractivity contribution >= 4 is 32.0 Å². The second-order valence-electron chi connectivity index (χ2n) is 5.87.